The number of carbonyl (C=O) groups excluding carboxylic acids is 1. The van der Waals surface area contributed by atoms with Gasteiger partial charge in [0.25, 0.3) is 0 Å². The van der Waals surface area contributed by atoms with Crippen LogP contribution in [0.15, 0.2) is 42.5 Å². The van der Waals surface area contributed by atoms with E-state index in [0.29, 0.717) is 13.2 Å². The molecule has 0 aromatic heterocycles. The van der Waals surface area contributed by atoms with Gasteiger partial charge in [0, 0.05) is 33.4 Å². The van der Waals surface area contributed by atoms with Crippen molar-refractivity contribution in [2.45, 2.75) is 25.8 Å². The van der Waals surface area contributed by atoms with Crippen LogP contribution in [0.1, 0.15) is 24.8 Å². The SMILES string of the molecule is COCCCNC(=O)C1CCCN(Cc2cccc3ccccc23)C1. The molecule has 1 aliphatic heterocycles. The van der Waals surface area contributed by atoms with Gasteiger partial charge in [0.05, 0.1) is 5.92 Å². The van der Waals surface area contributed by atoms with Crippen molar-refractivity contribution in [3.63, 3.8) is 0 Å². The van der Waals surface area contributed by atoms with Crippen LogP contribution in [-0.2, 0) is 16.1 Å². The Kier molecular flexibility index (Phi) is 6.42. The number of rotatable bonds is 7. The van der Waals surface area contributed by atoms with Crippen molar-refractivity contribution in [3.05, 3.63) is 48.0 Å². The van der Waals surface area contributed by atoms with E-state index in [1.807, 2.05) is 0 Å². The van der Waals surface area contributed by atoms with Crippen molar-refractivity contribution in [1.82, 2.24) is 10.2 Å². The molecule has 1 atom stereocenters. The average Bonchev–Trinajstić information content (AvgIpc) is 2.66. The number of amides is 1. The fourth-order valence-corrected chi connectivity index (χ4v) is 3.66. The molecule has 2 aromatic rings. The molecule has 0 spiro atoms. The average molecular weight is 340 g/mol. The molecule has 134 valence electrons. The van der Waals surface area contributed by atoms with E-state index in [1.54, 1.807) is 7.11 Å². The van der Waals surface area contributed by atoms with Gasteiger partial charge in [-0.2, -0.15) is 0 Å². The Labute approximate surface area is 150 Å². The van der Waals surface area contributed by atoms with Crippen LogP contribution >= 0.6 is 0 Å². The Morgan fingerprint density at radius 1 is 1.24 bits per heavy atom. The number of carbonyl (C=O) groups is 1. The highest BCUT2D eigenvalue weighted by Crippen LogP contribution is 2.23. The van der Waals surface area contributed by atoms with Crippen molar-refractivity contribution >= 4 is 16.7 Å². The molecule has 1 aliphatic rings. The molecule has 4 nitrogen and oxygen atoms in total. The maximum atomic E-state index is 12.4. The van der Waals surface area contributed by atoms with Crippen molar-refractivity contribution in [1.29, 1.82) is 0 Å². The van der Waals surface area contributed by atoms with Crippen LogP contribution < -0.4 is 5.32 Å². The molecule has 1 unspecified atom stereocenters. The smallest absolute Gasteiger partial charge is 0.224 e. The van der Waals surface area contributed by atoms with E-state index in [4.69, 9.17) is 4.74 Å². The molecule has 25 heavy (non-hydrogen) atoms. The maximum Gasteiger partial charge on any atom is 0.224 e. The molecule has 0 saturated carbocycles. The summed E-state index contributed by atoms with van der Waals surface area (Å²) >= 11 is 0. The number of nitrogens with one attached hydrogen (secondary N) is 1. The number of ether oxygens (including phenoxy) is 1. The van der Waals surface area contributed by atoms with Gasteiger partial charge in [0.2, 0.25) is 5.91 Å². The second-order valence-electron chi connectivity index (χ2n) is 6.85. The predicted octanol–water partition coefficient (Wildman–Crippen LogP) is 3.20. The van der Waals surface area contributed by atoms with Crippen LogP contribution in [0.5, 0.6) is 0 Å². The van der Waals surface area contributed by atoms with Gasteiger partial charge in [-0.1, -0.05) is 42.5 Å². The van der Waals surface area contributed by atoms with Gasteiger partial charge >= 0.3 is 0 Å². The zero-order valence-corrected chi connectivity index (χ0v) is 15.0. The molecular weight excluding hydrogens is 312 g/mol. The lowest BCUT2D eigenvalue weighted by Gasteiger charge is -2.32. The van der Waals surface area contributed by atoms with Crippen LogP contribution in [0, 0.1) is 5.92 Å². The minimum Gasteiger partial charge on any atom is -0.385 e. The fourth-order valence-electron chi connectivity index (χ4n) is 3.66. The zero-order valence-electron chi connectivity index (χ0n) is 15.0. The Balaban J connectivity index is 1.59. The Morgan fingerprint density at radius 2 is 2.08 bits per heavy atom. The Morgan fingerprint density at radius 3 is 2.96 bits per heavy atom. The summed E-state index contributed by atoms with van der Waals surface area (Å²) in [4.78, 5) is 14.8. The number of hydrogen-bond acceptors (Lipinski definition) is 3. The van der Waals surface area contributed by atoms with Crippen molar-refractivity contribution in [3.8, 4) is 0 Å². The van der Waals surface area contributed by atoms with Crippen molar-refractivity contribution in [2.75, 3.05) is 33.4 Å². The van der Waals surface area contributed by atoms with Crippen LogP contribution in [-0.4, -0.2) is 44.2 Å². The molecule has 0 radical (unpaired) electrons. The first-order valence-corrected chi connectivity index (χ1v) is 9.23. The number of likely N-dealkylation sites (tertiary alicyclic amines) is 1. The number of benzene rings is 2. The molecule has 1 N–H and O–H groups in total. The lowest BCUT2D eigenvalue weighted by atomic mass is 9.96. The van der Waals surface area contributed by atoms with E-state index in [0.717, 1.165) is 38.9 Å². The third-order valence-electron chi connectivity index (χ3n) is 4.97. The van der Waals surface area contributed by atoms with Gasteiger partial charge in [-0.3, -0.25) is 9.69 Å². The maximum absolute atomic E-state index is 12.4. The summed E-state index contributed by atoms with van der Waals surface area (Å²) in [5, 5.41) is 5.65. The van der Waals surface area contributed by atoms with E-state index in [2.05, 4.69) is 52.7 Å². The molecule has 1 fully saturated rings. The predicted molar refractivity (Wildman–Crippen MR) is 101 cm³/mol. The highest BCUT2D eigenvalue weighted by Gasteiger charge is 2.25. The molecule has 0 aliphatic carbocycles. The van der Waals surface area contributed by atoms with E-state index < -0.39 is 0 Å². The summed E-state index contributed by atoms with van der Waals surface area (Å²) in [5.41, 5.74) is 1.35. The summed E-state index contributed by atoms with van der Waals surface area (Å²) in [6, 6.07) is 15.0. The third kappa shape index (κ3) is 4.80. The summed E-state index contributed by atoms with van der Waals surface area (Å²) in [5.74, 6) is 0.296. The van der Waals surface area contributed by atoms with Gasteiger partial charge in [0.15, 0.2) is 0 Å². The summed E-state index contributed by atoms with van der Waals surface area (Å²) in [7, 11) is 1.69. The fraction of sp³-hybridized carbons (Fsp3) is 0.476. The van der Waals surface area contributed by atoms with Gasteiger partial charge < -0.3 is 10.1 Å². The molecule has 3 rings (SSSR count). The van der Waals surface area contributed by atoms with Crippen LogP contribution in [0.25, 0.3) is 10.8 Å². The molecule has 1 amide bonds. The molecular formula is C21H28N2O2. The number of methoxy groups -OCH3 is 1. The van der Waals surface area contributed by atoms with Crippen LogP contribution in [0.3, 0.4) is 0 Å². The van der Waals surface area contributed by atoms with E-state index in [9.17, 15) is 4.79 Å². The molecule has 1 saturated heterocycles. The van der Waals surface area contributed by atoms with Crippen LogP contribution in [0.2, 0.25) is 0 Å². The first kappa shape index (κ1) is 17.9. The minimum absolute atomic E-state index is 0.103. The summed E-state index contributed by atoms with van der Waals surface area (Å²) in [6.07, 6.45) is 2.94. The lowest BCUT2D eigenvalue weighted by molar-refractivity contribution is -0.126. The van der Waals surface area contributed by atoms with E-state index in [1.165, 1.54) is 16.3 Å². The minimum atomic E-state index is 0.103. The first-order chi connectivity index (χ1) is 12.3. The molecule has 2 aromatic carbocycles. The number of nitrogens with zero attached hydrogens (tertiary/aromatic N) is 1. The Hall–Kier alpha value is -1.91. The first-order valence-electron chi connectivity index (χ1n) is 9.23. The van der Waals surface area contributed by atoms with Gasteiger partial charge in [-0.05, 0) is 42.1 Å². The lowest BCUT2D eigenvalue weighted by Crippen LogP contribution is -2.43. The highest BCUT2D eigenvalue weighted by molar-refractivity contribution is 5.85. The second kappa shape index (κ2) is 8.97. The third-order valence-corrected chi connectivity index (χ3v) is 4.97. The van der Waals surface area contributed by atoms with Gasteiger partial charge in [0.1, 0.15) is 0 Å². The standard InChI is InChI=1S/C21H28N2O2/c1-25-14-6-12-22-21(24)19-10-5-13-23(16-19)15-18-9-4-8-17-7-2-3-11-20(17)18/h2-4,7-9,11,19H,5-6,10,12-16H2,1H3,(H,22,24). The van der Waals surface area contributed by atoms with Crippen LogP contribution in [0.4, 0.5) is 0 Å². The number of fused-ring (bicyclic) bond motifs is 1. The molecule has 0 bridgehead atoms. The quantitative estimate of drug-likeness (QED) is 0.787. The zero-order chi connectivity index (χ0) is 17.5. The van der Waals surface area contributed by atoms with Crippen molar-refractivity contribution < 1.29 is 9.53 Å². The van der Waals surface area contributed by atoms with Gasteiger partial charge in [-0.15, -0.1) is 0 Å². The Bertz CT molecular complexity index is 696. The summed E-state index contributed by atoms with van der Waals surface area (Å²) in [6.45, 7) is 4.22. The second-order valence-corrected chi connectivity index (χ2v) is 6.85. The molecule has 1 heterocycles. The number of hydrogen-bond donors (Lipinski definition) is 1. The molecule has 4 heteroatoms. The number of piperidine rings is 1. The van der Waals surface area contributed by atoms with Gasteiger partial charge in [-0.25, -0.2) is 0 Å². The topological polar surface area (TPSA) is 41.6 Å². The summed E-state index contributed by atoms with van der Waals surface area (Å²) < 4.78 is 5.03. The van der Waals surface area contributed by atoms with Crippen molar-refractivity contribution in [2.24, 2.45) is 5.92 Å². The van der Waals surface area contributed by atoms with E-state index >= 15 is 0 Å². The monoisotopic (exact) mass is 340 g/mol. The normalized spacial score (nSPS) is 18.4. The largest absolute Gasteiger partial charge is 0.385 e. The highest BCUT2D eigenvalue weighted by atomic mass is 16.5. The van der Waals surface area contributed by atoms with E-state index in [-0.39, 0.29) is 11.8 Å².